The van der Waals surface area contributed by atoms with E-state index in [0.29, 0.717) is 6.10 Å². The first-order chi connectivity index (χ1) is 11.2. The number of halogens is 1. The maximum Gasteiger partial charge on any atom is 0.169 e. The summed E-state index contributed by atoms with van der Waals surface area (Å²) in [5, 5.41) is 5.03. The zero-order chi connectivity index (χ0) is 16.1. The summed E-state index contributed by atoms with van der Waals surface area (Å²) in [5.74, 6) is 0. The van der Waals surface area contributed by atoms with Crippen LogP contribution in [0.3, 0.4) is 0 Å². The number of ether oxygens (including phenoxy) is 1. The number of nitrogens with zero attached hydrogens (tertiary/aromatic N) is 2. The van der Waals surface area contributed by atoms with Gasteiger partial charge in [-0.15, -0.1) is 0 Å². The van der Waals surface area contributed by atoms with Crippen molar-refractivity contribution in [3.63, 3.8) is 0 Å². The van der Waals surface area contributed by atoms with E-state index in [9.17, 15) is 0 Å². The van der Waals surface area contributed by atoms with Gasteiger partial charge in [-0.25, -0.2) is 0 Å². The topological polar surface area (TPSA) is 27.7 Å². The zero-order valence-corrected chi connectivity index (χ0v) is 14.9. The van der Waals surface area contributed by atoms with Crippen LogP contribution in [-0.4, -0.2) is 60.3 Å². The second-order valence-electron chi connectivity index (χ2n) is 6.21. The Balaban J connectivity index is 1.40. The summed E-state index contributed by atoms with van der Waals surface area (Å²) in [6, 6.07) is 8.10. The molecule has 0 amide bonds. The molecule has 23 heavy (non-hydrogen) atoms. The van der Waals surface area contributed by atoms with Crippen molar-refractivity contribution in [1.29, 1.82) is 0 Å². The number of hydrogen-bond acceptors (Lipinski definition) is 3. The van der Waals surface area contributed by atoms with Gasteiger partial charge in [0.15, 0.2) is 5.11 Å². The molecule has 1 N–H and O–H groups in total. The molecule has 2 aliphatic rings. The molecule has 1 unspecified atom stereocenters. The fourth-order valence-electron chi connectivity index (χ4n) is 3.12. The molecule has 0 radical (unpaired) electrons. The molecule has 0 bridgehead atoms. The first kappa shape index (κ1) is 17.0. The molecule has 0 aliphatic carbocycles. The Morgan fingerprint density at radius 3 is 2.83 bits per heavy atom. The Hall–Kier alpha value is -0.880. The fraction of sp³-hybridized carbons (Fsp3) is 0.588. The predicted octanol–water partition coefficient (Wildman–Crippen LogP) is 2.51. The zero-order valence-electron chi connectivity index (χ0n) is 13.3. The quantitative estimate of drug-likeness (QED) is 0.840. The number of piperazine rings is 1. The highest BCUT2D eigenvalue weighted by atomic mass is 35.5. The third kappa shape index (κ3) is 5.05. The van der Waals surface area contributed by atoms with Gasteiger partial charge in [0, 0.05) is 50.9 Å². The summed E-state index contributed by atoms with van der Waals surface area (Å²) in [6.07, 6.45) is 2.64. The normalized spacial score (nSPS) is 22.3. The van der Waals surface area contributed by atoms with E-state index in [0.717, 1.165) is 62.4 Å². The molecule has 1 aromatic rings. The molecule has 3 rings (SSSR count). The number of benzene rings is 1. The lowest BCUT2D eigenvalue weighted by atomic mass is 10.2. The van der Waals surface area contributed by atoms with Gasteiger partial charge in [-0.1, -0.05) is 23.7 Å². The highest BCUT2D eigenvalue weighted by molar-refractivity contribution is 7.80. The molecule has 0 aromatic heterocycles. The second-order valence-corrected chi connectivity index (χ2v) is 7.04. The molecular formula is C17H24ClN3OS. The minimum Gasteiger partial charge on any atom is -0.376 e. The lowest BCUT2D eigenvalue weighted by Gasteiger charge is -2.36. The minimum absolute atomic E-state index is 0.331. The Kier molecular flexibility index (Phi) is 6.11. The van der Waals surface area contributed by atoms with Crippen LogP contribution in [0.5, 0.6) is 0 Å². The third-order valence-electron chi connectivity index (χ3n) is 4.46. The van der Waals surface area contributed by atoms with Crippen LogP contribution < -0.4 is 5.32 Å². The number of nitrogens with one attached hydrogen (secondary N) is 1. The number of hydrogen-bond donors (Lipinski definition) is 1. The van der Waals surface area contributed by atoms with E-state index in [1.807, 2.05) is 18.2 Å². The van der Waals surface area contributed by atoms with Gasteiger partial charge in [-0.05, 0) is 42.8 Å². The van der Waals surface area contributed by atoms with Gasteiger partial charge in [0.25, 0.3) is 0 Å². The Labute approximate surface area is 148 Å². The van der Waals surface area contributed by atoms with Gasteiger partial charge in [0.2, 0.25) is 0 Å². The van der Waals surface area contributed by atoms with Crippen molar-refractivity contribution in [2.45, 2.75) is 25.5 Å². The van der Waals surface area contributed by atoms with Crippen LogP contribution >= 0.6 is 23.8 Å². The average Bonchev–Trinajstić information content (AvgIpc) is 3.07. The van der Waals surface area contributed by atoms with E-state index in [1.165, 1.54) is 12.0 Å². The highest BCUT2D eigenvalue weighted by Gasteiger charge is 2.21. The SMILES string of the molecule is S=C(NCC1CCCO1)N1CCN(Cc2cccc(Cl)c2)CC1. The Morgan fingerprint density at radius 2 is 2.13 bits per heavy atom. The number of rotatable bonds is 4. The van der Waals surface area contributed by atoms with Crippen LogP contribution in [0, 0.1) is 0 Å². The van der Waals surface area contributed by atoms with Crippen molar-refractivity contribution in [3.05, 3.63) is 34.9 Å². The van der Waals surface area contributed by atoms with Crippen molar-refractivity contribution in [2.75, 3.05) is 39.3 Å². The Bertz CT molecular complexity index is 528. The predicted molar refractivity (Wildman–Crippen MR) is 97.9 cm³/mol. The van der Waals surface area contributed by atoms with E-state index >= 15 is 0 Å². The Morgan fingerprint density at radius 1 is 1.30 bits per heavy atom. The summed E-state index contributed by atoms with van der Waals surface area (Å²) in [5.41, 5.74) is 1.27. The van der Waals surface area contributed by atoms with Crippen LogP contribution in [0.2, 0.25) is 5.02 Å². The molecule has 126 valence electrons. The maximum atomic E-state index is 6.05. The first-order valence-electron chi connectivity index (χ1n) is 8.32. The molecular weight excluding hydrogens is 330 g/mol. The summed E-state index contributed by atoms with van der Waals surface area (Å²) < 4.78 is 5.62. The van der Waals surface area contributed by atoms with Crippen LogP contribution in [-0.2, 0) is 11.3 Å². The van der Waals surface area contributed by atoms with Crippen molar-refractivity contribution < 1.29 is 4.74 Å². The maximum absolute atomic E-state index is 6.05. The van der Waals surface area contributed by atoms with E-state index in [2.05, 4.69) is 21.2 Å². The summed E-state index contributed by atoms with van der Waals surface area (Å²) in [6.45, 7) is 6.66. The van der Waals surface area contributed by atoms with Crippen LogP contribution in [0.15, 0.2) is 24.3 Å². The molecule has 2 aliphatic heterocycles. The smallest absolute Gasteiger partial charge is 0.169 e. The van der Waals surface area contributed by atoms with Gasteiger partial charge in [0.05, 0.1) is 6.10 Å². The van der Waals surface area contributed by atoms with Gasteiger partial charge in [-0.2, -0.15) is 0 Å². The van der Waals surface area contributed by atoms with Crippen molar-refractivity contribution in [3.8, 4) is 0 Å². The molecule has 4 nitrogen and oxygen atoms in total. The highest BCUT2D eigenvalue weighted by Crippen LogP contribution is 2.14. The summed E-state index contributed by atoms with van der Waals surface area (Å²) in [7, 11) is 0. The molecule has 1 atom stereocenters. The molecule has 6 heteroatoms. The number of thiocarbonyl (C=S) groups is 1. The molecule has 2 fully saturated rings. The van der Waals surface area contributed by atoms with Gasteiger partial charge in [0.1, 0.15) is 0 Å². The summed E-state index contributed by atoms with van der Waals surface area (Å²) >= 11 is 11.6. The van der Waals surface area contributed by atoms with E-state index in [-0.39, 0.29) is 0 Å². The fourth-order valence-corrected chi connectivity index (χ4v) is 3.60. The molecule has 0 saturated carbocycles. The minimum atomic E-state index is 0.331. The molecule has 1 aromatic carbocycles. The van der Waals surface area contributed by atoms with E-state index in [4.69, 9.17) is 28.6 Å². The molecule has 0 spiro atoms. The van der Waals surface area contributed by atoms with Crippen LogP contribution in [0.4, 0.5) is 0 Å². The molecule has 2 saturated heterocycles. The van der Waals surface area contributed by atoms with Crippen LogP contribution in [0.25, 0.3) is 0 Å². The van der Waals surface area contributed by atoms with Crippen LogP contribution in [0.1, 0.15) is 18.4 Å². The van der Waals surface area contributed by atoms with Crippen molar-refractivity contribution in [2.24, 2.45) is 0 Å². The second kappa shape index (κ2) is 8.29. The van der Waals surface area contributed by atoms with E-state index in [1.54, 1.807) is 0 Å². The summed E-state index contributed by atoms with van der Waals surface area (Å²) in [4.78, 5) is 4.71. The standard InChI is InChI=1S/C17H24ClN3OS/c18-15-4-1-3-14(11-15)13-20-6-8-21(9-7-20)17(23)19-12-16-5-2-10-22-16/h1,3-4,11,16H,2,5-10,12-13H2,(H,19,23). The first-order valence-corrected chi connectivity index (χ1v) is 9.10. The monoisotopic (exact) mass is 353 g/mol. The largest absolute Gasteiger partial charge is 0.376 e. The van der Waals surface area contributed by atoms with Crippen molar-refractivity contribution in [1.82, 2.24) is 15.1 Å². The molecule has 2 heterocycles. The lowest BCUT2D eigenvalue weighted by molar-refractivity contribution is 0.112. The average molecular weight is 354 g/mol. The lowest BCUT2D eigenvalue weighted by Crippen LogP contribution is -2.52. The van der Waals surface area contributed by atoms with E-state index < -0.39 is 0 Å². The van der Waals surface area contributed by atoms with Gasteiger partial charge < -0.3 is 15.0 Å². The van der Waals surface area contributed by atoms with Gasteiger partial charge >= 0.3 is 0 Å². The third-order valence-corrected chi connectivity index (χ3v) is 5.10. The van der Waals surface area contributed by atoms with Crippen molar-refractivity contribution >= 4 is 28.9 Å². The van der Waals surface area contributed by atoms with Gasteiger partial charge in [-0.3, -0.25) is 4.90 Å².